The lowest BCUT2D eigenvalue weighted by Gasteiger charge is -2.34. The number of hydrogen-bond donors (Lipinski definition) is 1. The van der Waals surface area contributed by atoms with Crippen molar-refractivity contribution in [2.45, 2.75) is 0 Å². The van der Waals surface area contributed by atoms with Crippen molar-refractivity contribution in [3.63, 3.8) is 0 Å². The number of nitrogens with zero attached hydrogens (tertiary/aromatic N) is 2. The monoisotopic (exact) mass is 227 g/mol. The van der Waals surface area contributed by atoms with E-state index in [1.807, 2.05) is 11.0 Å². The maximum atomic E-state index is 11.7. The first-order chi connectivity index (χ1) is 7.77. The summed E-state index contributed by atoms with van der Waals surface area (Å²) in [4.78, 5) is 15.8. The molecule has 1 fully saturated rings. The number of carbonyl (C=O) groups is 1. The Morgan fingerprint density at radius 3 is 2.62 bits per heavy atom. The standard InChI is InChI=1S/C11H21N3O2/c1-2-4-13-5-7-14(8-6-13)11(15)10-16-9-3-12/h2H,1,3-10,12H2. The molecule has 1 aliphatic heterocycles. The molecule has 1 aliphatic rings. The molecule has 1 rings (SSSR count). The van der Waals surface area contributed by atoms with Gasteiger partial charge in [0.2, 0.25) is 5.91 Å². The van der Waals surface area contributed by atoms with Crippen LogP contribution in [0.1, 0.15) is 0 Å². The molecule has 5 nitrogen and oxygen atoms in total. The predicted molar refractivity (Wildman–Crippen MR) is 63.1 cm³/mol. The predicted octanol–water partition coefficient (Wildman–Crippen LogP) is -0.708. The van der Waals surface area contributed by atoms with Gasteiger partial charge in [0.1, 0.15) is 6.61 Å². The number of rotatable bonds is 6. The summed E-state index contributed by atoms with van der Waals surface area (Å²) in [6.07, 6.45) is 1.89. The summed E-state index contributed by atoms with van der Waals surface area (Å²) in [7, 11) is 0. The highest BCUT2D eigenvalue weighted by Gasteiger charge is 2.19. The molecule has 92 valence electrons. The molecule has 0 saturated carbocycles. The number of amides is 1. The Balaban J connectivity index is 2.19. The van der Waals surface area contributed by atoms with Gasteiger partial charge in [-0.3, -0.25) is 9.69 Å². The summed E-state index contributed by atoms with van der Waals surface area (Å²) in [6, 6.07) is 0. The van der Waals surface area contributed by atoms with E-state index in [2.05, 4.69) is 11.5 Å². The smallest absolute Gasteiger partial charge is 0.248 e. The molecule has 1 saturated heterocycles. The fourth-order valence-corrected chi connectivity index (χ4v) is 1.70. The molecule has 0 aromatic rings. The molecule has 5 heteroatoms. The highest BCUT2D eigenvalue weighted by molar-refractivity contribution is 5.77. The van der Waals surface area contributed by atoms with E-state index in [0.29, 0.717) is 13.2 Å². The van der Waals surface area contributed by atoms with E-state index >= 15 is 0 Å². The third-order valence-corrected chi connectivity index (χ3v) is 2.60. The van der Waals surface area contributed by atoms with Crippen LogP contribution in [0.2, 0.25) is 0 Å². The first-order valence-electron chi connectivity index (χ1n) is 5.66. The highest BCUT2D eigenvalue weighted by Crippen LogP contribution is 2.02. The second-order valence-electron chi connectivity index (χ2n) is 3.81. The van der Waals surface area contributed by atoms with Crippen molar-refractivity contribution in [2.24, 2.45) is 5.73 Å². The molecule has 0 spiro atoms. The van der Waals surface area contributed by atoms with Crippen molar-refractivity contribution in [3.8, 4) is 0 Å². The lowest BCUT2D eigenvalue weighted by molar-refractivity contribution is -0.137. The molecule has 1 amide bonds. The number of nitrogens with two attached hydrogens (primary N) is 1. The summed E-state index contributed by atoms with van der Waals surface area (Å²) in [5.41, 5.74) is 5.28. The average molecular weight is 227 g/mol. The van der Waals surface area contributed by atoms with Crippen LogP contribution in [-0.4, -0.2) is 68.2 Å². The lowest BCUT2D eigenvalue weighted by atomic mass is 10.3. The summed E-state index contributed by atoms with van der Waals surface area (Å²) in [5.74, 6) is 0.0618. The van der Waals surface area contributed by atoms with Crippen LogP contribution in [0.25, 0.3) is 0 Å². The van der Waals surface area contributed by atoms with Gasteiger partial charge in [0, 0.05) is 39.3 Å². The minimum Gasteiger partial charge on any atom is -0.370 e. The van der Waals surface area contributed by atoms with Gasteiger partial charge in [-0.2, -0.15) is 0 Å². The van der Waals surface area contributed by atoms with Crippen molar-refractivity contribution < 1.29 is 9.53 Å². The Bertz CT molecular complexity index is 225. The third kappa shape index (κ3) is 4.30. The first kappa shape index (κ1) is 13.2. The lowest BCUT2D eigenvalue weighted by Crippen LogP contribution is -2.49. The fourth-order valence-electron chi connectivity index (χ4n) is 1.70. The number of carbonyl (C=O) groups excluding carboxylic acids is 1. The van der Waals surface area contributed by atoms with Gasteiger partial charge < -0.3 is 15.4 Å². The number of piperazine rings is 1. The minimum atomic E-state index is 0.0618. The summed E-state index contributed by atoms with van der Waals surface area (Å²) in [6.45, 7) is 9.03. The summed E-state index contributed by atoms with van der Waals surface area (Å²) >= 11 is 0. The van der Waals surface area contributed by atoms with Crippen LogP contribution in [0.4, 0.5) is 0 Å². The average Bonchev–Trinajstić information content (AvgIpc) is 2.30. The van der Waals surface area contributed by atoms with Gasteiger partial charge in [0.15, 0.2) is 0 Å². The van der Waals surface area contributed by atoms with Gasteiger partial charge >= 0.3 is 0 Å². The molecule has 0 bridgehead atoms. The Morgan fingerprint density at radius 1 is 1.38 bits per heavy atom. The minimum absolute atomic E-state index is 0.0618. The maximum Gasteiger partial charge on any atom is 0.248 e. The molecule has 16 heavy (non-hydrogen) atoms. The molecule has 1 heterocycles. The van der Waals surface area contributed by atoms with E-state index in [1.54, 1.807) is 0 Å². The Hall–Kier alpha value is -0.910. The molecule has 0 radical (unpaired) electrons. The number of ether oxygens (including phenoxy) is 1. The van der Waals surface area contributed by atoms with Crippen LogP contribution < -0.4 is 5.73 Å². The van der Waals surface area contributed by atoms with Gasteiger partial charge in [-0.15, -0.1) is 6.58 Å². The van der Waals surface area contributed by atoms with Gasteiger partial charge in [0.25, 0.3) is 0 Å². The zero-order valence-corrected chi connectivity index (χ0v) is 9.73. The van der Waals surface area contributed by atoms with E-state index < -0.39 is 0 Å². The van der Waals surface area contributed by atoms with E-state index in [9.17, 15) is 4.79 Å². The summed E-state index contributed by atoms with van der Waals surface area (Å²) in [5, 5.41) is 0. The number of hydrogen-bond acceptors (Lipinski definition) is 4. The van der Waals surface area contributed by atoms with E-state index in [0.717, 1.165) is 32.7 Å². The Kier molecular flexibility index (Phi) is 6.07. The van der Waals surface area contributed by atoms with Gasteiger partial charge in [-0.1, -0.05) is 6.08 Å². The normalized spacial score (nSPS) is 17.4. The van der Waals surface area contributed by atoms with Crippen molar-refractivity contribution in [3.05, 3.63) is 12.7 Å². The van der Waals surface area contributed by atoms with Gasteiger partial charge in [-0.25, -0.2) is 0 Å². The zero-order valence-electron chi connectivity index (χ0n) is 9.73. The van der Waals surface area contributed by atoms with E-state index in [1.165, 1.54) is 0 Å². The summed E-state index contributed by atoms with van der Waals surface area (Å²) < 4.78 is 5.13. The van der Waals surface area contributed by atoms with Crippen molar-refractivity contribution in [1.82, 2.24) is 9.80 Å². The largest absolute Gasteiger partial charge is 0.370 e. The Labute approximate surface area is 96.8 Å². The van der Waals surface area contributed by atoms with Crippen molar-refractivity contribution in [2.75, 3.05) is 52.5 Å². The van der Waals surface area contributed by atoms with Crippen LogP contribution >= 0.6 is 0 Å². The molecule has 0 atom stereocenters. The van der Waals surface area contributed by atoms with Crippen LogP contribution in [0.5, 0.6) is 0 Å². The highest BCUT2D eigenvalue weighted by atomic mass is 16.5. The first-order valence-corrected chi connectivity index (χ1v) is 5.66. The molecule has 0 unspecified atom stereocenters. The van der Waals surface area contributed by atoms with Crippen LogP contribution in [0, 0.1) is 0 Å². The quantitative estimate of drug-likeness (QED) is 0.481. The molecule has 0 aromatic heterocycles. The third-order valence-electron chi connectivity index (χ3n) is 2.60. The molecule has 0 aromatic carbocycles. The topological polar surface area (TPSA) is 58.8 Å². The Morgan fingerprint density at radius 2 is 2.06 bits per heavy atom. The fraction of sp³-hybridized carbons (Fsp3) is 0.727. The SMILES string of the molecule is C=CCN1CCN(C(=O)COCCN)CC1. The molecular weight excluding hydrogens is 206 g/mol. The van der Waals surface area contributed by atoms with Crippen molar-refractivity contribution >= 4 is 5.91 Å². The van der Waals surface area contributed by atoms with Gasteiger partial charge in [0.05, 0.1) is 6.61 Å². The van der Waals surface area contributed by atoms with Crippen molar-refractivity contribution in [1.29, 1.82) is 0 Å². The van der Waals surface area contributed by atoms with Crippen LogP contribution in [0.3, 0.4) is 0 Å². The van der Waals surface area contributed by atoms with Crippen LogP contribution in [0.15, 0.2) is 12.7 Å². The maximum absolute atomic E-state index is 11.7. The second kappa shape index (κ2) is 7.38. The molecular formula is C11H21N3O2. The van der Waals surface area contributed by atoms with E-state index in [-0.39, 0.29) is 12.5 Å². The van der Waals surface area contributed by atoms with Crippen LogP contribution in [-0.2, 0) is 9.53 Å². The van der Waals surface area contributed by atoms with Gasteiger partial charge in [-0.05, 0) is 0 Å². The second-order valence-corrected chi connectivity index (χ2v) is 3.81. The van der Waals surface area contributed by atoms with E-state index in [4.69, 9.17) is 10.5 Å². The molecule has 2 N–H and O–H groups in total. The molecule has 0 aliphatic carbocycles. The zero-order chi connectivity index (χ0) is 11.8.